The number of aliphatic hydroxyl groups excluding tert-OH is 1. The van der Waals surface area contributed by atoms with E-state index in [-0.39, 0.29) is 13.2 Å². The van der Waals surface area contributed by atoms with E-state index >= 15 is 0 Å². The quantitative estimate of drug-likeness (QED) is 0.639. The Morgan fingerprint density at radius 2 is 2.19 bits per heavy atom. The molecule has 1 aromatic heterocycles. The van der Waals surface area contributed by atoms with E-state index in [0.29, 0.717) is 11.8 Å². The summed E-state index contributed by atoms with van der Waals surface area (Å²) in [5, 5.41) is 21.4. The van der Waals surface area contributed by atoms with Gasteiger partial charge in [0.2, 0.25) is 5.95 Å². The monoisotopic (exact) mass is 226 g/mol. The number of nitrogens with one attached hydrogen (secondary N) is 1. The first-order valence-electron chi connectivity index (χ1n) is 5.02. The molecule has 0 saturated heterocycles. The van der Waals surface area contributed by atoms with Crippen LogP contribution in [0, 0.1) is 0 Å². The molecule has 1 unspecified atom stereocenters. The first kappa shape index (κ1) is 12.7. The molecule has 3 N–H and O–H groups in total. The third kappa shape index (κ3) is 3.63. The smallest absolute Gasteiger partial charge is 0.226 e. The fourth-order valence-electron chi connectivity index (χ4n) is 0.999. The van der Waals surface area contributed by atoms with Gasteiger partial charge < -0.3 is 20.4 Å². The van der Waals surface area contributed by atoms with E-state index in [9.17, 15) is 5.11 Å². The fourth-order valence-corrected chi connectivity index (χ4v) is 0.999. The number of nitrogens with zero attached hydrogens (tertiary/aromatic N) is 3. The van der Waals surface area contributed by atoms with Crippen molar-refractivity contribution in [2.45, 2.75) is 12.5 Å². The van der Waals surface area contributed by atoms with Gasteiger partial charge in [-0.3, -0.25) is 0 Å². The highest BCUT2D eigenvalue weighted by molar-refractivity contribution is 5.40. The number of anilines is 2. The minimum Gasteiger partial charge on any atom is -0.393 e. The van der Waals surface area contributed by atoms with E-state index < -0.39 is 5.60 Å². The molecule has 0 aromatic carbocycles. The highest BCUT2D eigenvalue weighted by Gasteiger charge is 2.18. The second-order valence-electron chi connectivity index (χ2n) is 4.14. The lowest BCUT2D eigenvalue weighted by molar-refractivity contribution is 0.0132. The Labute approximate surface area is 95.0 Å². The van der Waals surface area contributed by atoms with Crippen LogP contribution in [0.15, 0.2) is 12.3 Å². The molecule has 90 valence electrons. The van der Waals surface area contributed by atoms with Gasteiger partial charge in [-0.25, -0.2) is 4.98 Å². The van der Waals surface area contributed by atoms with E-state index in [4.69, 9.17) is 5.11 Å². The summed E-state index contributed by atoms with van der Waals surface area (Å²) in [6, 6.07) is 1.71. The maximum atomic E-state index is 9.60. The van der Waals surface area contributed by atoms with Crippen LogP contribution in [0.4, 0.5) is 11.8 Å². The molecule has 0 aliphatic carbocycles. The van der Waals surface area contributed by atoms with Gasteiger partial charge in [0.05, 0.1) is 6.61 Å². The second-order valence-corrected chi connectivity index (χ2v) is 4.14. The predicted molar refractivity (Wildman–Crippen MR) is 62.6 cm³/mol. The second kappa shape index (κ2) is 5.09. The zero-order valence-electron chi connectivity index (χ0n) is 9.80. The van der Waals surface area contributed by atoms with Crippen molar-refractivity contribution < 1.29 is 10.2 Å². The molecule has 0 saturated carbocycles. The van der Waals surface area contributed by atoms with Gasteiger partial charge in [-0.05, 0) is 13.0 Å². The number of aliphatic hydroxyl groups is 2. The highest BCUT2D eigenvalue weighted by Crippen LogP contribution is 2.09. The summed E-state index contributed by atoms with van der Waals surface area (Å²) in [5.41, 5.74) is -1.15. The Bertz CT molecular complexity index is 341. The van der Waals surface area contributed by atoms with Gasteiger partial charge in [-0.2, -0.15) is 4.98 Å². The Hall–Kier alpha value is -1.40. The third-order valence-electron chi connectivity index (χ3n) is 2.03. The number of hydrogen-bond acceptors (Lipinski definition) is 6. The Morgan fingerprint density at radius 3 is 2.75 bits per heavy atom. The molecule has 6 heteroatoms. The largest absolute Gasteiger partial charge is 0.393 e. The lowest BCUT2D eigenvalue weighted by Crippen LogP contribution is -2.37. The van der Waals surface area contributed by atoms with Crippen molar-refractivity contribution in [3.05, 3.63) is 12.3 Å². The van der Waals surface area contributed by atoms with Crippen LogP contribution in [-0.4, -0.2) is 53.0 Å². The summed E-state index contributed by atoms with van der Waals surface area (Å²) in [4.78, 5) is 10.1. The summed E-state index contributed by atoms with van der Waals surface area (Å²) >= 11 is 0. The van der Waals surface area contributed by atoms with Crippen molar-refractivity contribution in [3.8, 4) is 0 Å². The maximum absolute atomic E-state index is 9.60. The van der Waals surface area contributed by atoms with Gasteiger partial charge in [0.1, 0.15) is 11.4 Å². The van der Waals surface area contributed by atoms with Gasteiger partial charge in [0, 0.05) is 26.8 Å². The number of aromatic nitrogens is 2. The van der Waals surface area contributed by atoms with Crippen LogP contribution in [0.2, 0.25) is 0 Å². The van der Waals surface area contributed by atoms with E-state index in [0.717, 1.165) is 0 Å². The minimum atomic E-state index is -1.15. The molecule has 6 nitrogen and oxygen atoms in total. The van der Waals surface area contributed by atoms with Gasteiger partial charge in [0.15, 0.2) is 0 Å². The summed E-state index contributed by atoms with van der Waals surface area (Å²) in [7, 11) is 3.70. The van der Waals surface area contributed by atoms with Crippen LogP contribution >= 0.6 is 0 Å². The van der Waals surface area contributed by atoms with Crippen molar-refractivity contribution in [2.75, 3.05) is 37.5 Å². The predicted octanol–water partition coefficient (Wildman–Crippen LogP) is -0.302. The molecule has 1 atom stereocenters. The maximum Gasteiger partial charge on any atom is 0.226 e. The first-order chi connectivity index (χ1) is 7.44. The Morgan fingerprint density at radius 1 is 1.50 bits per heavy atom. The number of hydrogen-bond donors (Lipinski definition) is 3. The van der Waals surface area contributed by atoms with Crippen LogP contribution in [0.3, 0.4) is 0 Å². The van der Waals surface area contributed by atoms with E-state index in [2.05, 4.69) is 15.3 Å². The normalized spacial score (nSPS) is 14.3. The molecule has 0 aliphatic rings. The third-order valence-corrected chi connectivity index (χ3v) is 2.03. The van der Waals surface area contributed by atoms with Crippen molar-refractivity contribution in [1.82, 2.24) is 9.97 Å². The molecule has 1 rings (SSSR count). The molecule has 0 fully saturated rings. The molecule has 0 radical (unpaired) electrons. The summed E-state index contributed by atoms with van der Waals surface area (Å²) in [6.45, 7) is 1.48. The lowest BCUT2D eigenvalue weighted by Gasteiger charge is -2.21. The minimum absolute atomic E-state index is 0.230. The van der Waals surface area contributed by atoms with Crippen molar-refractivity contribution >= 4 is 11.8 Å². The number of rotatable bonds is 5. The van der Waals surface area contributed by atoms with E-state index in [1.165, 1.54) is 0 Å². The summed E-state index contributed by atoms with van der Waals surface area (Å²) < 4.78 is 0. The van der Waals surface area contributed by atoms with Crippen LogP contribution < -0.4 is 10.2 Å². The first-order valence-corrected chi connectivity index (χ1v) is 5.02. The van der Waals surface area contributed by atoms with Crippen LogP contribution in [0.1, 0.15) is 6.92 Å². The zero-order chi connectivity index (χ0) is 12.2. The van der Waals surface area contributed by atoms with Crippen LogP contribution in [-0.2, 0) is 0 Å². The molecule has 0 bridgehead atoms. The van der Waals surface area contributed by atoms with Crippen molar-refractivity contribution in [3.63, 3.8) is 0 Å². The fraction of sp³-hybridized carbons (Fsp3) is 0.600. The molecule has 1 aromatic rings. The van der Waals surface area contributed by atoms with Gasteiger partial charge in [0.25, 0.3) is 0 Å². The molecular formula is C10H18N4O2. The molecule has 1 heterocycles. The van der Waals surface area contributed by atoms with Crippen molar-refractivity contribution in [2.24, 2.45) is 0 Å². The average Bonchev–Trinajstić information content (AvgIpc) is 2.27. The van der Waals surface area contributed by atoms with Crippen LogP contribution in [0.25, 0.3) is 0 Å². The molecular weight excluding hydrogens is 208 g/mol. The molecule has 0 aliphatic heterocycles. The van der Waals surface area contributed by atoms with Gasteiger partial charge >= 0.3 is 0 Å². The standard InChI is InChI=1S/C10H18N4O2/c1-10(16,7-15)6-12-8-4-5-11-9(13-8)14(2)3/h4-5,15-16H,6-7H2,1-3H3,(H,11,12,13). The van der Waals surface area contributed by atoms with E-state index in [1.54, 1.807) is 24.1 Å². The molecule has 16 heavy (non-hydrogen) atoms. The SMILES string of the molecule is CN(C)c1nccc(NCC(C)(O)CO)n1. The highest BCUT2D eigenvalue weighted by atomic mass is 16.3. The van der Waals surface area contributed by atoms with Crippen LogP contribution in [0.5, 0.6) is 0 Å². The Kier molecular flexibility index (Phi) is 4.03. The van der Waals surface area contributed by atoms with Crippen molar-refractivity contribution in [1.29, 1.82) is 0 Å². The molecule has 0 amide bonds. The van der Waals surface area contributed by atoms with Gasteiger partial charge in [-0.1, -0.05) is 0 Å². The summed E-state index contributed by atoms with van der Waals surface area (Å²) in [6.07, 6.45) is 1.64. The topological polar surface area (TPSA) is 81.5 Å². The Balaban J connectivity index is 2.64. The zero-order valence-corrected chi connectivity index (χ0v) is 9.80. The molecule has 0 spiro atoms. The van der Waals surface area contributed by atoms with E-state index in [1.807, 2.05) is 14.1 Å². The van der Waals surface area contributed by atoms with Gasteiger partial charge in [-0.15, -0.1) is 0 Å². The lowest BCUT2D eigenvalue weighted by atomic mass is 10.1. The summed E-state index contributed by atoms with van der Waals surface area (Å²) in [5.74, 6) is 1.21. The average molecular weight is 226 g/mol.